The molecule has 2 heterocycles. The second-order valence-electron chi connectivity index (χ2n) is 4.85. The van der Waals surface area contributed by atoms with Crippen molar-refractivity contribution >= 4 is 11.5 Å². The third-order valence-electron chi connectivity index (χ3n) is 3.12. The third kappa shape index (κ3) is 3.34. The highest BCUT2D eigenvalue weighted by Gasteiger charge is 2.15. The summed E-state index contributed by atoms with van der Waals surface area (Å²) < 4.78 is 5.39. The summed E-state index contributed by atoms with van der Waals surface area (Å²) in [5.74, 6) is 0.598. The number of ether oxygens (including phenoxy) is 1. The minimum absolute atomic E-state index is 0.598. The topological polar surface area (TPSA) is 54.6 Å². The first-order chi connectivity index (χ1) is 8.66. The molecule has 100 valence electrons. The fourth-order valence-electron chi connectivity index (χ4n) is 2.12. The third-order valence-corrected chi connectivity index (χ3v) is 3.12. The Labute approximate surface area is 109 Å². The maximum atomic E-state index is 5.80. The molecule has 1 aromatic heterocycles. The summed E-state index contributed by atoms with van der Waals surface area (Å²) >= 11 is 0. The lowest BCUT2D eigenvalue weighted by Gasteiger charge is -2.30. The van der Waals surface area contributed by atoms with E-state index in [1.165, 1.54) is 5.69 Å². The Balaban J connectivity index is 2.16. The molecule has 2 N–H and O–H groups in total. The first-order valence-corrected chi connectivity index (χ1v) is 6.39. The van der Waals surface area contributed by atoms with Gasteiger partial charge in [0.1, 0.15) is 5.82 Å². The summed E-state index contributed by atoms with van der Waals surface area (Å²) in [5, 5.41) is 0. The molecule has 5 nitrogen and oxygen atoms in total. The average molecular weight is 250 g/mol. The highest BCUT2D eigenvalue weighted by atomic mass is 16.5. The van der Waals surface area contributed by atoms with Gasteiger partial charge >= 0.3 is 0 Å². The lowest BCUT2D eigenvalue weighted by molar-refractivity contribution is 0.122. The molecule has 1 aliphatic rings. The van der Waals surface area contributed by atoms with E-state index in [0.29, 0.717) is 5.82 Å². The zero-order valence-electron chi connectivity index (χ0n) is 11.2. The van der Waals surface area contributed by atoms with Crippen molar-refractivity contribution in [1.29, 1.82) is 0 Å². The fourth-order valence-corrected chi connectivity index (χ4v) is 2.12. The number of pyridine rings is 1. The summed E-state index contributed by atoms with van der Waals surface area (Å²) in [6.07, 6.45) is 0.921. The van der Waals surface area contributed by atoms with Crippen molar-refractivity contribution in [3.63, 3.8) is 0 Å². The first-order valence-electron chi connectivity index (χ1n) is 6.39. The minimum atomic E-state index is 0.598. The molecule has 2 rings (SSSR count). The SMILES string of the molecule is CN(C)CCc1nc(N)ccc1N1CCOCC1. The first kappa shape index (κ1) is 13.1. The molecule has 1 saturated heterocycles. The Bertz CT molecular complexity index is 389. The highest BCUT2D eigenvalue weighted by molar-refractivity contribution is 5.54. The van der Waals surface area contributed by atoms with Gasteiger partial charge in [-0.1, -0.05) is 0 Å². The number of anilines is 2. The van der Waals surface area contributed by atoms with E-state index >= 15 is 0 Å². The molecule has 0 atom stereocenters. The molecule has 0 aromatic carbocycles. The van der Waals surface area contributed by atoms with E-state index in [0.717, 1.165) is 45.0 Å². The van der Waals surface area contributed by atoms with Crippen LogP contribution in [0.4, 0.5) is 11.5 Å². The normalized spacial score (nSPS) is 16.3. The predicted octanol–water partition coefficient (Wildman–Crippen LogP) is 0.605. The summed E-state index contributed by atoms with van der Waals surface area (Å²) in [4.78, 5) is 8.98. The van der Waals surface area contributed by atoms with Crippen molar-refractivity contribution in [2.75, 3.05) is 57.6 Å². The summed E-state index contributed by atoms with van der Waals surface area (Å²) in [6, 6.07) is 3.96. The Kier molecular flexibility index (Phi) is 4.38. The van der Waals surface area contributed by atoms with Gasteiger partial charge in [-0.05, 0) is 26.2 Å². The average Bonchev–Trinajstić information content (AvgIpc) is 2.37. The number of nitrogens with zero attached hydrogens (tertiary/aromatic N) is 3. The van der Waals surface area contributed by atoms with Crippen molar-refractivity contribution in [2.45, 2.75) is 6.42 Å². The molecule has 0 saturated carbocycles. The molecule has 1 aliphatic heterocycles. The van der Waals surface area contributed by atoms with E-state index in [2.05, 4.69) is 34.9 Å². The number of nitrogens with two attached hydrogens (primary N) is 1. The van der Waals surface area contributed by atoms with E-state index in [-0.39, 0.29) is 0 Å². The van der Waals surface area contributed by atoms with E-state index < -0.39 is 0 Å². The van der Waals surface area contributed by atoms with Crippen LogP contribution >= 0.6 is 0 Å². The van der Waals surface area contributed by atoms with E-state index in [9.17, 15) is 0 Å². The van der Waals surface area contributed by atoms with E-state index in [4.69, 9.17) is 10.5 Å². The monoisotopic (exact) mass is 250 g/mol. The van der Waals surface area contributed by atoms with E-state index in [1.807, 2.05) is 6.07 Å². The van der Waals surface area contributed by atoms with Gasteiger partial charge in [-0.2, -0.15) is 0 Å². The van der Waals surface area contributed by atoms with Crippen LogP contribution in [0.5, 0.6) is 0 Å². The van der Waals surface area contributed by atoms with Gasteiger partial charge in [-0.15, -0.1) is 0 Å². The largest absolute Gasteiger partial charge is 0.384 e. The highest BCUT2D eigenvalue weighted by Crippen LogP contribution is 2.22. The van der Waals surface area contributed by atoms with Crippen LogP contribution in [-0.2, 0) is 11.2 Å². The molecular weight excluding hydrogens is 228 g/mol. The second-order valence-corrected chi connectivity index (χ2v) is 4.85. The smallest absolute Gasteiger partial charge is 0.123 e. The van der Waals surface area contributed by atoms with Crippen molar-refractivity contribution < 1.29 is 4.74 Å². The van der Waals surface area contributed by atoms with E-state index in [1.54, 1.807) is 0 Å². The van der Waals surface area contributed by atoms with Crippen molar-refractivity contribution in [3.05, 3.63) is 17.8 Å². The lowest BCUT2D eigenvalue weighted by Crippen LogP contribution is -2.37. The fraction of sp³-hybridized carbons (Fsp3) is 0.615. The molecule has 0 radical (unpaired) electrons. The molecule has 18 heavy (non-hydrogen) atoms. The van der Waals surface area contributed by atoms with Crippen LogP contribution in [0.15, 0.2) is 12.1 Å². The summed E-state index contributed by atoms with van der Waals surface area (Å²) in [5.41, 5.74) is 8.09. The number of likely N-dealkylation sites (N-methyl/N-ethyl adjacent to an activating group) is 1. The van der Waals surface area contributed by atoms with Crippen molar-refractivity contribution in [3.8, 4) is 0 Å². The van der Waals surface area contributed by atoms with Crippen LogP contribution in [0, 0.1) is 0 Å². The van der Waals surface area contributed by atoms with Gasteiger partial charge in [0.05, 0.1) is 24.6 Å². The lowest BCUT2D eigenvalue weighted by atomic mass is 10.2. The quantitative estimate of drug-likeness (QED) is 0.848. The second kappa shape index (κ2) is 6.02. The van der Waals surface area contributed by atoms with Gasteiger partial charge < -0.3 is 20.3 Å². The van der Waals surface area contributed by atoms with Crippen LogP contribution in [0.2, 0.25) is 0 Å². The van der Waals surface area contributed by atoms with Crippen LogP contribution < -0.4 is 10.6 Å². The summed E-state index contributed by atoms with van der Waals surface area (Å²) in [6.45, 7) is 4.42. The number of hydrogen-bond acceptors (Lipinski definition) is 5. The van der Waals surface area contributed by atoms with Gasteiger partial charge in [0.15, 0.2) is 0 Å². The molecule has 5 heteroatoms. The number of nitrogen functional groups attached to an aromatic ring is 1. The van der Waals surface area contributed by atoms with Crippen molar-refractivity contribution in [2.24, 2.45) is 0 Å². The van der Waals surface area contributed by atoms with Crippen LogP contribution in [-0.4, -0.2) is 56.8 Å². The van der Waals surface area contributed by atoms with Gasteiger partial charge in [0.25, 0.3) is 0 Å². The van der Waals surface area contributed by atoms with Gasteiger partial charge in [-0.3, -0.25) is 0 Å². The zero-order chi connectivity index (χ0) is 13.0. The number of rotatable bonds is 4. The molecule has 0 spiro atoms. The predicted molar refractivity (Wildman–Crippen MR) is 73.9 cm³/mol. The Morgan fingerprint density at radius 3 is 2.72 bits per heavy atom. The Morgan fingerprint density at radius 1 is 1.33 bits per heavy atom. The van der Waals surface area contributed by atoms with Gasteiger partial charge in [0, 0.05) is 26.1 Å². The number of aromatic nitrogens is 1. The van der Waals surface area contributed by atoms with Gasteiger partial charge in [0.2, 0.25) is 0 Å². The molecule has 1 aromatic rings. The standard InChI is InChI=1S/C13H22N4O/c1-16(2)6-5-11-12(3-4-13(14)15-11)17-7-9-18-10-8-17/h3-4H,5-10H2,1-2H3,(H2,14,15). The maximum absolute atomic E-state index is 5.80. The molecule has 0 aliphatic carbocycles. The maximum Gasteiger partial charge on any atom is 0.123 e. The Hall–Kier alpha value is -1.33. The molecule has 0 unspecified atom stereocenters. The molecule has 0 amide bonds. The number of morpholine rings is 1. The zero-order valence-corrected chi connectivity index (χ0v) is 11.2. The molecular formula is C13H22N4O. The summed E-state index contributed by atoms with van der Waals surface area (Å²) in [7, 11) is 4.14. The number of hydrogen-bond donors (Lipinski definition) is 1. The molecule has 1 fully saturated rings. The van der Waals surface area contributed by atoms with Crippen molar-refractivity contribution in [1.82, 2.24) is 9.88 Å². The Morgan fingerprint density at radius 2 is 2.06 bits per heavy atom. The molecule has 0 bridgehead atoms. The van der Waals surface area contributed by atoms with Gasteiger partial charge in [-0.25, -0.2) is 4.98 Å². The van der Waals surface area contributed by atoms with Crippen LogP contribution in [0.25, 0.3) is 0 Å². The van der Waals surface area contributed by atoms with Crippen LogP contribution in [0.3, 0.4) is 0 Å². The van der Waals surface area contributed by atoms with Crippen LogP contribution in [0.1, 0.15) is 5.69 Å². The minimum Gasteiger partial charge on any atom is -0.384 e.